The Labute approximate surface area is 236 Å². The Kier molecular flexibility index (Phi) is 9.22. The number of benzene rings is 2. The summed E-state index contributed by atoms with van der Waals surface area (Å²) in [6.07, 6.45) is 0.450. The van der Waals surface area contributed by atoms with E-state index in [1.54, 1.807) is 60.7 Å². The summed E-state index contributed by atoms with van der Waals surface area (Å²) >= 11 is 12.3. The zero-order valence-electron chi connectivity index (χ0n) is 21.4. The lowest BCUT2D eigenvalue weighted by atomic mass is 9.88. The molecule has 1 saturated heterocycles. The predicted molar refractivity (Wildman–Crippen MR) is 145 cm³/mol. The van der Waals surface area contributed by atoms with Gasteiger partial charge in [-0.3, -0.25) is 14.6 Å². The van der Waals surface area contributed by atoms with Gasteiger partial charge in [0.05, 0.1) is 6.04 Å². The highest BCUT2D eigenvalue weighted by Gasteiger charge is 2.51. The van der Waals surface area contributed by atoms with Crippen LogP contribution in [0.4, 0.5) is 0 Å². The van der Waals surface area contributed by atoms with Gasteiger partial charge in [-0.05, 0) is 59.5 Å². The number of aromatic nitrogens is 1. The van der Waals surface area contributed by atoms with E-state index in [0.29, 0.717) is 33.2 Å². The molecule has 2 aromatic carbocycles. The van der Waals surface area contributed by atoms with E-state index in [-0.39, 0.29) is 6.42 Å². The molecule has 5 atom stereocenters. The zero-order valence-corrected chi connectivity index (χ0v) is 22.9. The van der Waals surface area contributed by atoms with Crippen LogP contribution in [0.1, 0.15) is 61.6 Å². The van der Waals surface area contributed by atoms with E-state index >= 15 is 0 Å². The number of halogens is 2. The van der Waals surface area contributed by atoms with Gasteiger partial charge in [-0.1, -0.05) is 60.8 Å². The van der Waals surface area contributed by atoms with E-state index in [1.165, 1.54) is 24.2 Å². The first-order valence-corrected chi connectivity index (χ1v) is 13.2. The van der Waals surface area contributed by atoms with Crippen LogP contribution in [0.5, 0.6) is 0 Å². The molecule has 0 radical (unpaired) electrons. The second kappa shape index (κ2) is 12.6. The highest BCUT2D eigenvalue weighted by Crippen LogP contribution is 2.46. The minimum absolute atomic E-state index is 0.207. The molecule has 4 rings (SSSR count). The molecule has 2 heterocycles. The number of nitrogens with zero attached hydrogens (tertiary/aromatic N) is 2. The molecule has 1 amide bonds. The number of hydrogen-bond acceptors (Lipinski definition) is 6. The minimum Gasteiger partial charge on any atom is -0.480 e. The van der Waals surface area contributed by atoms with Crippen molar-refractivity contribution >= 4 is 41.0 Å². The predicted octanol–water partition coefficient (Wildman–Crippen LogP) is 5.96. The maximum Gasteiger partial charge on any atom is 0.326 e. The molecule has 1 unspecified atom stereocenters. The summed E-state index contributed by atoms with van der Waals surface area (Å²) in [6.45, 7) is 3.09. The first kappa shape index (κ1) is 28.5. The highest BCUT2D eigenvalue weighted by atomic mass is 35.5. The van der Waals surface area contributed by atoms with Gasteiger partial charge in [0.2, 0.25) is 0 Å². The highest BCUT2D eigenvalue weighted by molar-refractivity contribution is 6.30. The van der Waals surface area contributed by atoms with Gasteiger partial charge in [0.25, 0.3) is 5.91 Å². The number of carbonyl (C=O) groups excluding carboxylic acids is 2. The number of amides is 1. The monoisotopic (exact) mass is 570 g/mol. The fourth-order valence-electron chi connectivity index (χ4n) is 4.87. The van der Waals surface area contributed by atoms with Crippen LogP contribution in [0.2, 0.25) is 10.0 Å². The molecule has 10 heteroatoms. The number of rotatable bonds is 9. The Hall–Kier alpha value is -3.46. The summed E-state index contributed by atoms with van der Waals surface area (Å²) in [6, 6.07) is 15.0. The average molecular weight is 571 g/mol. The van der Waals surface area contributed by atoms with Crippen molar-refractivity contribution in [1.29, 1.82) is 0 Å². The Morgan fingerprint density at radius 2 is 1.56 bits per heavy atom. The molecule has 0 spiro atoms. The van der Waals surface area contributed by atoms with Crippen LogP contribution in [0, 0.1) is 0 Å². The Balaban J connectivity index is 1.93. The van der Waals surface area contributed by atoms with Crippen molar-refractivity contribution < 1.29 is 29.0 Å². The number of carboxylic acids is 1. The lowest BCUT2D eigenvalue weighted by molar-refractivity contribution is -0.202. The van der Waals surface area contributed by atoms with Gasteiger partial charge >= 0.3 is 11.9 Å². The van der Waals surface area contributed by atoms with Crippen molar-refractivity contribution in [2.24, 2.45) is 0 Å². The van der Waals surface area contributed by atoms with Crippen LogP contribution in [0.15, 0.2) is 73.1 Å². The summed E-state index contributed by atoms with van der Waals surface area (Å²) in [5.41, 5.74) is 1.79. The average Bonchev–Trinajstić information content (AvgIpc) is 2.92. The molecule has 1 aliphatic heterocycles. The molecule has 0 saturated carbocycles. The lowest BCUT2D eigenvalue weighted by Crippen LogP contribution is -2.58. The van der Waals surface area contributed by atoms with Crippen LogP contribution >= 0.6 is 23.2 Å². The first-order valence-electron chi connectivity index (χ1n) is 12.5. The summed E-state index contributed by atoms with van der Waals surface area (Å²) < 4.78 is 12.1. The van der Waals surface area contributed by atoms with E-state index in [0.717, 1.165) is 0 Å². The fourth-order valence-corrected chi connectivity index (χ4v) is 5.12. The Morgan fingerprint density at radius 1 is 1.00 bits per heavy atom. The van der Waals surface area contributed by atoms with E-state index < -0.39 is 48.2 Å². The second-order valence-corrected chi connectivity index (χ2v) is 10.1. The third-order valence-electron chi connectivity index (χ3n) is 6.57. The number of aliphatic carboxylic acids is 1. The number of hydrogen-bond donors (Lipinski definition) is 1. The Morgan fingerprint density at radius 3 is 2.08 bits per heavy atom. The zero-order chi connectivity index (χ0) is 28.1. The van der Waals surface area contributed by atoms with Crippen molar-refractivity contribution in [3.8, 4) is 0 Å². The van der Waals surface area contributed by atoms with Crippen LogP contribution in [-0.2, 0) is 23.9 Å². The quantitative estimate of drug-likeness (QED) is 0.316. The first-order chi connectivity index (χ1) is 18.7. The van der Waals surface area contributed by atoms with Gasteiger partial charge in [0.15, 0.2) is 12.2 Å². The minimum atomic E-state index is -1.33. The van der Waals surface area contributed by atoms with Crippen LogP contribution < -0.4 is 0 Å². The summed E-state index contributed by atoms with van der Waals surface area (Å²) in [4.78, 5) is 44.5. The van der Waals surface area contributed by atoms with Gasteiger partial charge < -0.3 is 19.5 Å². The molecule has 1 fully saturated rings. The van der Waals surface area contributed by atoms with E-state index in [4.69, 9.17) is 32.7 Å². The van der Waals surface area contributed by atoms with Gasteiger partial charge in [-0.2, -0.15) is 0 Å². The summed E-state index contributed by atoms with van der Waals surface area (Å²) in [5, 5.41) is 11.3. The third-order valence-corrected chi connectivity index (χ3v) is 7.08. The molecule has 1 N–H and O–H groups in total. The standard InChI is InChI=1S/C29H28Cl2N2O6/c1-3-4-23(29(36)37)33-24(18-5-9-21(30)10-6-18)25(19-7-11-22(31)12-8-19)39-27(28(33)35)26(38-17(2)34)20-13-15-32-16-14-20/h5-16,23-27H,3-4H2,1-2H3,(H,36,37)/t23?,24-,25+,26-,27+/m1/s1. The number of esters is 1. The van der Waals surface area contributed by atoms with Crippen LogP contribution in [-0.4, -0.2) is 45.0 Å². The smallest absolute Gasteiger partial charge is 0.326 e. The largest absolute Gasteiger partial charge is 0.480 e. The number of carboxylic acid groups (broad SMARTS) is 1. The fraction of sp³-hybridized carbons (Fsp3) is 0.310. The lowest BCUT2D eigenvalue weighted by Gasteiger charge is -2.48. The van der Waals surface area contributed by atoms with Crippen molar-refractivity contribution in [1.82, 2.24) is 9.88 Å². The molecule has 0 bridgehead atoms. The summed E-state index contributed by atoms with van der Waals surface area (Å²) in [5.74, 6) is -2.37. The molecular weight excluding hydrogens is 543 g/mol. The molecule has 1 aliphatic rings. The summed E-state index contributed by atoms with van der Waals surface area (Å²) in [7, 11) is 0. The third kappa shape index (κ3) is 6.41. The van der Waals surface area contributed by atoms with E-state index in [9.17, 15) is 19.5 Å². The van der Waals surface area contributed by atoms with Gasteiger partial charge in [-0.25, -0.2) is 4.79 Å². The topological polar surface area (TPSA) is 106 Å². The van der Waals surface area contributed by atoms with Crippen molar-refractivity contribution in [2.75, 3.05) is 0 Å². The van der Waals surface area contributed by atoms with Crippen molar-refractivity contribution in [2.45, 2.75) is 57.1 Å². The van der Waals surface area contributed by atoms with Gasteiger partial charge in [0.1, 0.15) is 12.1 Å². The molecule has 3 aromatic rings. The number of ether oxygens (including phenoxy) is 2. The molecule has 204 valence electrons. The molecule has 1 aromatic heterocycles. The van der Waals surface area contributed by atoms with Crippen molar-refractivity contribution in [3.63, 3.8) is 0 Å². The maximum atomic E-state index is 14.3. The SMILES string of the molecule is CCCC(C(=O)O)N1C(=O)[C@H]([C@H](OC(C)=O)c2ccncc2)O[C@@H](c2ccc(Cl)cc2)[C@H]1c1ccc(Cl)cc1. The maximum absolute atomic E-state index is 14.3. The van der Waals surface area contributed by atoms with Crippen LogP contribution in [0.25, 0.3) is 0 Å². The van der Waals surface area contributed by atoms with Gasteiger partial charge in [0, 0.05) is 29.4 Å². The van der Waals surface area contributed by atoms with E-state index in [1.807, 2.05) is 6.92 Å². The molecule has 8 nitrogen and oxygen atoms in total. The van der Waals surface area contributed by atoms with Crippen LogP contribution in [0.3, 0.4) is 0 Å². The molecule has 0 aliphatic carbocycles. The number of pyridine rings is 1. The van der Waals surface area contributed by atoms with Crippen molar-refractivity contribution in [3.05, 3.63) is 99.8 Å². The number of carbonyl (C=O) groups is 3. The van der Waals surface area contributed by atoms with Gasteiger partial charge in [-0.15, -0.1) is 0 Å². The normalized spacial score (nSPS) is 20.8. The second-order valence-electron chi connectivity index (χ2n) is 9.22. The Bertz CT molecular complexity index is 1300. The number of morpholine rings is 1. The molecule has 39 heavy (non-hydrogen) atoms. The molecular formula is C29H28Cl2N2O6. The van der Waals surface area contributed by atoms with E-state index in [2.05, 4.69) is 4.98 Å².